The Morgan fingerprint density at radius 1 is 1.45 bits per heavy atom. The second-order valence-electron chi connectivity index (χ2n) is 4.85. The number of rotatable bonds is 3. The largest absolute Gasteiger partial charge is 0.441 e. The predicted molar refractivity (Wildman–Crippen MR) is 75.1 cm³/mol. The molecule has 22 heavy (non-hydrogen) atoms. The van der Waals surface area contributed by atoms with Gasteiger partial charge in [-0.3, -0.25) is 4.90 Å². The van der Waals surface area contributed by atoms with E-state index in [9.17, 15) is 9.18 Å². The number of hydrogen-bond donors (Lipinski definition) is 1. The van der Waals surface area contributed by atoms with Crippen LogP contribution in [0.1, 0.15) is 5.56 Å². The number of ether oxygens (including phenoxy) is 1. The summed E-state index contributed by atoms with van der Waals surface area (Å²) in [6, 6.07) is 7.89. The van der Waals surface area contributed by atoms with E-state index in [0.29, 0.717) is 11.3 Å². The normalized spacial score (nSPS) is 17.4. The molecule has 112 valence electrons. The first-order valence-corrected chi connectivity index (χ1v) is 6.59. The number of aliphatic hydroxyl groups is 1. The molecular weight excluding hydrogens is 289 g/mol. The van der Waals surface area contributed by atoms with Crippen molar-refractivity contribution >= 4 is 11.8 Å². The maximum Gasteiger partial charge on any atom is 0.414 e. The Morgan fingerprint density at radius 2 is 2.27 bits per heavy atom. The number of benzene rings is 1. The fourth-order valence-electron chi connectivity index (χ4n) is 2.31. The molecule has 0 saturated carbocycles. The highest BCUT2D eigenvalue weighted by Crippen LogP contribution is 2.25. The number of anilines is 1. The SMILES string of the molecule is N#Cc1ccn(-c2ccc(N3C[C@H](CO)OC3=O)cc2F)c1. The van der Waals surface area contributed by atoms with E-state index in [1.807, 2.05) is 6.07 Å². The average molecular weight is 301 g/mol. The second-order valence-corrected chi connectivity index (χ2v) is 4.85. The predicted octanol–water partition coefficient (Wildman–Crippen LogP) is 1.81. The van der Waals surface area contributed by atoms with Crippen LogP contribution in [0.15, 0.2) is 36.7 Å². The van der Waals surface area contributed by atoms with E-state index >= 15 is 0 Å². The lowest BCUT2D eigenvalue weighted by Crippen LogP contribution is -2.25. The highest BCUT2D eigenvalue weighted by Gasteiger charge is 2.32. The van der Waals surface area contributed by atoms with Crippen molar-refractivity contribution in [3.8, 4) is 11.8 Å². The summed E-state index contributed by atoms with van der Waals surface area (Å²) in [5.41, 5.74) is 1.06. The van der Waals surface area contributed by atoms with Crippen LogP contribution in [0.3, 0.4) is 0 Å². The van der Waals surface area contributed by atoms with E-state index in [0.717, 1.165) is 0 Å². The Bertz CT molecular complexity index is 766. The average Bonchev–Trinajstić information content (AvgIpc) is 3.13. The molecule has 7 heteroatoms. The lowest BCUT2D eigenvalue weighted by Gasteiger charge is -2.14. The molecule has 0 spiro atoms. The quantitative estimate of drug-likeness (QED) is 0.937. The van der Waals surface area contributed by atoms with Gasteiger partial charge >= 0.3 is 6.09 Å². The minimum absolute atomic E-state index is 0.177. The first kappa shape index (κ1) is 14.1. The lowest BCUT2D eigenvalue weighted by molar-refractivity contribution is 0.0963. The van der Waals surface area contributed by atoms with Gasteiger partial charge in [-0.05, 0) is 24.3 Å². The molecule has 0 radical (unpaired) electrons. The van der Waals surface area contributed by atoms with Crippen LogP contribution in [-0.4, -0.2) is 35.0 Å². The molecule has 1 aromatic carbocycles. The zero-order valence-corrected chi connectivity index (χ0v) is 11.4. The van der Waals surface area contributed by atoms with Crippen molar-refractivity contribution < 1.29 is 19.0 Å². The monoisotopic (exact) mass is 301 g/mol. The number of nitriles is 1. The van der Waals surface area contributed by atoms with Crippen LogP contribution in [0.25, 0.3) is 5.69 Å². The fourth-order valence-corrected chi connectivity index (χ4v) is 2.31. The Kier molecular flexibility index (Phi) is 3.53. The number of nitrogens with zero attached hydrogens (tertiary/aromatic N) is 3. The number of amides is 1. The third-order valence-electron chi connectivity index (χ3n) is 3.42. The van der Waals surface area contributed by atoms with Crippen LogP contribution < -0.4 is 4.90 Å². The van der Waals surface area contributed by atoms with Gasteiger partial charge in [-0.1, -0.05) is 0 Å². The number of hydrogen-bond acceptors (Lipinski definition) is 4. The van der Waals surface area contributed by atoms with Crippen molar-refractivity contribution in [1.82, 2.24) is 4.57 Å². The van der Waals surface area contributed by atoms with E-state index in [-0.39, 0.29) is 18.8 Å². The topological polar surface area (TPSA) is 78.5 Å². The van der Waals surface area contributed by atoms with Crippen molar-refractivity contribution in [3.63, 3.8) is 0 Å². The van der Waals surface area contributed by atoms with Crippen LogP contribution in [0.5, 0.6) is 0 Å². The molecule has 1 atom stereocenters. The summed E-state index contributed by atoms with van der Waals surface area (Å²) in [5.74, 6) is -0.530. The van der Waals surface area contributed by atoms with Gasteiger partial charge in [0.1, 0.15) is 18.0 Å². The molecular formula is C15H12FN3O3. The zero-order valence-electron chi connectivity index (χ0n) is 11.4. The third kappa shape index (κ3) is 2.40. The van der Waals surface area contributed by atoms with Gasteiger partial charge in [0.2, 0.25) is 0 Å². The van der Waals surface area contributed by atoms with Gasteiger partial charge in [0, 0.05) is 12.4 Å². The standard InChI is InChI=1S/C15H12FN3O3/c16-13-5-11(19-8-12(9-20)22-15(19)21)1-2-14(13)18-4-3-10(6-17)7-18/h1-5,7,12,20H,8-9H2/t12-/m1/s1. The van der Waals surface area contributed by atoms with E-state index in [1.165, 1.54) is 27.8 Å². The summed E-state index contributed by atoms with van der Waals surface area (Å²) in [6.07, 6.45) is 1.89. The Hall–Kier alpha value is -2.85. The second kappa shape index (κ2) is 5.50. The van der Waals surface area contributed by atoms with E-state index in [4.69, 9.17) is 15.1 Å². The highest BCUT2D eigenvalue weighted by molar-refractivity contribution is 5.89. The number of aromatic nitrogens is 1. The third-order valence-corrected chi connectivity index (χ3v) is 3.42. The van der Waals surface area contributed by atoms with Gasteiger partial charge in [0.25, 0.3) is 0 Å². The number of aliphatic hydroxyl groups excluding tert-OH is 1. The summed E-state index contributed by atoms with van der Waals surface area (Å²) < 4.78 is 20.7. The van der Waals surface area contributed by atoms with Crippen LogP contribution in [-0.2, 0) is 4.74 Å². The molecule has 1 aliphatic heterocycles. The van der Waals surface area contributed by atoms with Gasteiger partial charge < -0.3 is 14.4 Å². The molecule has 2 heterocycles. The van der Waals surface area contributed by atoms with Gasteiger partial charge in [-0.15, -0.1) is 0 Å². The number of carbonyl (C=O) groups is 1. The van der Waals surface area contributed by atoms with Crippen molar-refractivity contribution in [2.45, 2.75) is 6.10 Å². The molecule has 6 nitrogen and oxygen atoms in total. The lowest BCUT2D eigenvalue weighted by atomic mass is 10.2. The summed E-state index contributed by atoms with van der Waals surface area (Å²) >= 11 is 0. The summed E-state index contributed by atoms with van der Waals surface area (Å²) in [7, 11) is 0. The molecule has 1 aromatic heterocycles. The molecule has 0 bridgehead atoms. The molecule has 0 aliphatic carbocycles. The Labute approximate surface area is 125 Å². The minimum Gasteiger partial charge on any atom is -0.441 e. The highest BCUT2D eigenvalue weighted by atomic mass is 19.1. The Balaban J connectivity index is 1.90. The summed E-state index contributed by atoms with van der Waals surface area (Å²) in [6.45, 7) is -0.0979. The molecule has 2 aromatic rings. The number of cyclic esters (lactones) is 1. The number of carbonyl (C=O) groups excluding carboxylic acids is 1. The molecule has 1 N–H and O–H groups in total. The molecule has 1 amide bonds. The fraction of sp³-hybridized carbons (Fsp3) is 0.200. The maximum absolute atomic E-state index is 14.3. The zero-order chi connectivity index (χ0) is 15.7. The smallest absolute Gasteiger partial charge is 0.414 e. The van der Waals surface area contributed by atoms with E-state index < -0.39 is 18.0 Å². The van der Waals surface area contributed by atoms with Crippen molar-refractivity contribution in [2.75, 3.05) is 18.1 Å². The molecule has 0 unspecified atom stereocenters. The molecule has 3 rings (SSSR count). The number of halogens is 1. The van der Waals surface area contributed by atoms with Crippen molar-refractivity contribution in [2.24, 2.45) is 0 Å². The van der Waals surface area contributed by atoms with Crippen molar-refractivity contribution in [1.29, 1.82) is 5.26 Å². The summed E-state index contributed by atoms with van der Waals surface area (Å²) in [5, 5.41) is 17.8. The minimum atomic E-state index is -0.612. The first-order chi connectivity index (χ1) is 10.6. The first-order valence-electron chi connectivity index (χ1n) is 6.59. The summed E-state index contributed by atoms with van der Waals surface area (Å²) in [4.78, 5) is 12.9. The van der Waals surface area contributed by atoms with Crippen LogP contribution >= 0.6 is 0 Å². The molecule has 1 aliphatic rings. The molecule has 1 saturated heterocycles. The Morgan fingerprint density at radius 3 is 2.86 bits per heavy atom. The van der Waals surface area contributed by atoms with Crippen molar-refractivity contribution in [3.05, 3.63) is 48.0 Å². The van der Waals surface area contributed by atoms with Gasteiger partial charge in [-0.2, -0.15) is 5.26 Å². The van der Waals surface area contributed by atoms with Crippen LogP contribution in [0.2, 0.25) is 0 Å². The van der Waals surface area contributed by atoms with E-state index in [1.54, 1.807) is 18.3 Å². The van der Waals surface area contributed by atoms with E-state index in [2.05, 4.69) is 0 Å². The van der Waals surface area contributed by atoms with Gasteiger partial charge in [-0.25, -0.2) is 9.18 Å². The van der Waals surface area contributed by atoms with Crippen LogP contribution in [0, 0.1) is 17.1 Å². The van der Waals surface area contributed by atoms with Gasteiger partial charge in [0.15, 0.2) is 0 Å². The maximum atomic E-state index is 14.3. The van der Waals surface area contributed by atoms with Gasteiger partial charge in [0.05, 0.1) is 30.1 Å². The van der Waals surface area contributed by atoms with Crippen LogP contribution in [0.4, 0.5) is 14.9 Å². The molecule has 1 fully saturated rings.